The highest BCUT2D eigenvalue weighted by atomic mass is 79.9. The molecule has 0 aliphatic rings. The highest BCUT2D eigenvalue weighted by Gasteiger charge is 2.16. The molecule has 26 heavy (non-hydrogen) atoms. The number of halogens is 1. The Balaban J connectivity index is 1.72. The molecule has 0 amide bonds. The van der Waals surface area contributed by atoms with Crippen molar-refractivity contribution < 1.29 is 0 Å². The van der Waals surface area contributed by atoms with Crippen LogP contribution in [-0.4, -0.2) is 19.7 Å². The Morgan fingerprint density at radius 2 is 1.69 bits per heavy atom. The van der Waals surface area contributed by atoms with Crippen LogP contribution in [0.25, 0.3) is 17.1 Å². The lowest BCUT2D eigenvalue weighted by Gasteiger charge is -2.10. The Labute approximate surface area is 164 Å². The van der Waals surface area contributed by atoms with E-state index in [0.29, 0.717) is 0 Å². The molecule has 6 heteroatoms. The van der Waals surface area contributed by atoms with E-state index in [9.17, 15) is 0 Å². The van der Waals surface area contributed by atoms with Crippen LogP contribution >= 0.6 is 27.7 Å². The summed E-state index contributed by atoms with van der Waals surface area (Å²) in [5, 5.41) is 9.76. The van der Waals surface area contributed by atoms with Gasteiger partial charge in [-0.1, -0.05) is 58.0 Å². The van der Waals surface area contributed by atoms with Crippen molar-refractivity contribution in [2.24, 2.45) is 0 Å². The maximum absolute atomic E-state index is 4.45. The highest BCUT2D eigenvalue weighted by Crippen LogP contribution is 2.29. The van der Waals surface area contributed by atoms with Crippen molar-refractivity contribution in [1.82, 2.24) is 19.7 Å². The molecule has 0 fully saturated rings. The van der Waals surface area contributed by atoms with E-state index in [1.54, 1.807) is 24.2 Å². The first-order valence-electron chi connectivity index (χ1n) is 8.10. The van der Waals surface area contributed by atoms with Crippen molar-refractivity contribution in [1.29, 1.82) is 0 Å². The highest BCUT2D eigenvalue weighted by molar-refractivity contribution is 9.10. The molecule has 0 aliphatic carbocycles. The minimum absolute atomic E-state index is 0.815. The lowest BCUT2D eigenvalue weighted by atomic mass is 10.2. The van der Waals surface area contributed by atoms with Crippen LogP contribution in [0.2, 0.25) is 0 Å². The topological polar surface area (TPSA) is 43.6 Å². The Morgan fingerprint density at radius 3 is 2.46 bits per heavy atom. The van der Waals surface area contributed by atoms with Crippen LogP contribution in [0.15, 0.2) is 88.8 Å². The molecular formula is C20H15BrN4S. The van der Waals surface area contributed by atoms with Crippen LogP contribution in [0.4, 0.5) is 0 Å². The summed E-state index contributed by atoms with van der Waals surface area (Å²) in [5.41, 5.74) is 3.27. The summed E-state index contributed by atoms with van der Waals surface area (Å²) in [6.45, 7) is 0. The van der Waals surface area contributed by atoms with Crippen LogP contribution in [0.1, 0.15) is 5.56 Å². The molecule has 0 radical (unpaired) electrons. The van der Waals surface area contributed by atoms with Gasteiger partial charge in [-0.25, -0.2) is 0 Å². The van der Waals surface area contributed by atoms with Gasteiger partial charge in [0.25, 0.3) is 0 Å². The third-order valence-corrected chi connectivity index (χ3v) is 5.34. The molecule has 0 unspecified atom stereocenters. The van der Waals surface area contributed by atoms with Crippen LogP contribution in [-0.2, 0) is 5.75 Å². The van der Waals surface area contributed by atoms with E-state index in [4.69, 9.17) is 0 Å². The molecule has 4 rings (SSSR count). The Kier molecular flexibility index (Phi) is 5.13. The second kappa shape index (κ2) is 7.85. The number of nitrogens with zero attached hydrogens (tertiary/aromatic N) is 4. The molecule has 0 saturated carbocycles. The summed E-state index contributed by atoms with van der Waals surface area (Å²) in [6, 6.07) is 22.4. The predicted molar refractivity (Wildman–Crippen MR) is 108 cm³/mol. The molecule has 128 valence electrons. The van der Waals surface area contributed by atoms with Gasteiger partial charge in [-0.05, 0) is 42.0 Å². The number of thioether (sulfide) groups is 1. The summed E-state index contributed by atoms with van der Waals surface area (Å²) in [7, 11) is 0. The lowest BCUT2D eigenvalue weighted by molar-refractivity contribution is 0.886. The molecule has 2 aromatic carbocycles. The van der Waals surface area contributed by atoms with E-state index >= 15 is 0 Å². The largest absolute Gasteiger partial charge is 0.270 e. The quantitative estimate of drug-likeness (QED) is 0.404. The van der Waals surface area contributed by atoms with Crippen molar-refractivity contribution in [3.63, 3.8) is 0 Å². The fourth-order valence-corrected chi connectivity index (χ4v) is 3.98. The third kappa shape index (κ3) is 3.71. The monoisotopic (exact) mass is 422 g/mol. The zero-order chi connectivity index (χ0) is 17.8. The van der Waals surface area contributed by atoms with E-state index < -0.39 is 0 Å². The van der Waals surface area contributed by atoms with Gasteiger partial charge in [-0.3, -0.25) is 9.55 Å². The normalized spacial score (nSPS) is 10.8. The maximum Gasteiger partial charge on any atom is 0.196 e. The molecule has 2 heterocycles. The fraction of sp³-hybridized carbons (Fsp3) is 0.0500. The summed E-state index contributed by atoms with van der Waals surface area (Å²) in [6.07, 6.45) is 3.54. The van der Waals surface area contributed by atoms with Crippen molar-refractivity contribution in [3.05, 3.63) is 89.2 Å². The van der Waals surface area contributed by atoms with Gasteiger partial charge in [-0.15, -0.1) is 10.2 Å². The van der Waals surface area contributed by atoms with Gasteiger partial charge in [0, 0.05) is 33.9 Å². The van der Waals surface area contributed by atoms with Gasteiger partial charge >= 0.3 is 0 Å². The average molecular weight is 423 g/mol. The number of rotatable bonds is 5. The van der Waals surface area contributed by atoms with Gasteiger partial charge in [-0.2, -0.15) is 0 Å². The summed E-state index contributed by atoms with van der Waals surface area (Å²) >= 11 is 5.20. The van der Waals surface area contributed by atoms with Gasteiger partial charge in [0.05, 0.1) is 0 Å². The first-order chi connectivity index (χ1) is 12.8. The summed E-state index contributed by atoms with van der Waals surface area (Å²) in [4.78, 5) is 4.10. The summed E-state index contributed by atoms with van der Waals surface area (Å²) < 4.78 is 3.18. The molecule has 4 nitrogen and oxygen atoms in total. The van der Waals surface area contributed by atoms with Gasteiger partial charge < -0.3 is 0 Å². The van der Waals surface area contributed by atoms with Crippen LogP contribution in [0.3, 0.4) is 0 Å². The predicted octanol–water partition coefficient (Wildman–Crippen LogP) is 5.38. The first-order valence-corrected chi connectivity index (χ1v) is 9.87. The third-order valence-electron chi connectivity index (χ3n) is 3.84. The van der Waals surface area contributed by atoms with Crippen LogP contribution < -0.4 is 0 Å². The van der Waals surface area contributed by atoms with Gasteiger partial charge in [0.1, 0.15) is 0 Å². The molecule has 0 spiro atoms. The minimum Gasteiger partial charge on any atom is -0.270 e. The van der Waals surface area contributed by atoms with E-state index in [1.165, 1.54) is 5.56 Å². The number of hydrogen-bond acceptors (Lipinski definition) is 4. The zero-order valence-corrected chi connectivity index (χ0v) is 16.2. The minimum atomic E-state index is 0.815. The van der Waals surface area contributed by atoms with Crippen molar-refractivity contribution in [3.8, 4) is 17.1 Å². The number of para-hydroxylation sites is 1. The fourth-order valence-electron chi connectivity index (χ4n) is 2.64. The van der Waals surface area contributed by atoms with Crippen molar-refractivity contribution in [2.75, 3.05) is 0 Å². The second-order valence-electron chi connectivity index (χ2n) is 5.63. The van der Waals surface area contributed by atoms with E-state index in [1.807, 2.05) is 42.5 Å². The number of benzene rings is 2. The molecule has 0 N–H and O–H groups in total. The van der Waals surface area contributed by atoms with Crippen molar-refractivity contribution in [2.45, 2.75) is 10.9 Å². The van der Waals surface area contributed by atoms with Gasteiger partial charge in [0.15, 0.2) is 11.0 Å². The first kappa shape index (κ1) is 17.0. The Bertz CT molecular complexity index is 1000. The Hall–Kier alpha value is -2.44. The van der Waals surface area contributed by atoms with Gasteiger partial charge in [0.2, 0.25) is 0 Å². The standard InChI is InChI=1S/C20H15BrN4S/c21-17-6-4-5-15(13-17)14-26-20-24-23-19(16-9-11-22-12-10-16)25(20)18-7-2-1-3-8-18/h1-13H,14H2. The van der Waals surface area contributed by atoms with E-state index in [2.05, 4.69) is 59.9 Å². The molecule has 2 aromatic heterocycles. The molecule has 0 saturated heterocycles. The molecule has 4 aromatic rings. The molecular weight excluding hydrogens is 408 g/mol. The van der Waals surface area contributed by atoms with Crippen LogP contribution in [0, 0.1) is 0 Å². The number of aromatic nitrogens is 4. The lowest BCUT2D eigenvalue weighted by Crippen LogP contribution is -1.99. The molecule has 0 aliphatic heterocycles. The van der Waals surface area contributed by atoms with Crippen LogP contribution in [0.5, 0.6) is 0 Å². The van der Waals surface area contributed by atoms with Crippen molar-refractivity contribution >= 4 is 27.7 Å². The zero-order valence-electron chi connectivity index (χ0n) is 13.8. The van der Waals surface area contributed by atoms with E-state index in [-0.39, 0.29) is 0 Å². The smallest absolute Gasteiger partial charge is 0.196 e. The maximum atomic E-state index is 4.45. The average Bonchev–Trinajstić information content (AvgIpc) is 3.12. The number of pyridine rings is 1. The van der Waals surface area contributed by atoms with E-state index in [0.717, 1.165) is 32.5 Å². The molecule has 0 atom stereocenters. The molecule has 0 bridgehead atoms. The number of hydrogen-bond donors (Lipinski definition) is 0. The SMILES string of the molecule is Brc1cccc(CSc2nnc(-c3ccncc3)n2-c2ccccc2)c1. The Morgan fingerprint density at radius 1 is 0.885 bits per heavy atom. The second-order valence-corrected chi connectivity index (χ2v) is 7.49. The summed E-state index contributed by atoms with van der Waals surface area (Å²) in [5.74, 6) is 1.64.